The number of nitrogens with one attached hydrogen (secondary N) is 1. The Morgan fingerprint density at radius 2 is 1.54 bits per heavy atom. The molecule has 0 spiro atoms. The maximum atomic E-state index is 12.5. The highest BCUT2D eigenvalue weighted by molar-refractivity contribution is 7.88. The SMILES string of the molecule is Cc1cc(C)c(C(C)NS(=O)(=O)Cc2c(Cl)cccc2Cl)cc1C. The molecule has 1 unspecified atom stereocenters. The Morgan fingerprint density at radius 3 is 2.12 bits per heavy atom. The second-order valence-electron chi connectivity index (χ2n) is 6.09. The molecule has 1 atom stereocenters. The van der Waals surface area contributed by atoms with Crippen molar-refractivity contribution >= 4 is 33.2 Å². The summed E-state index contributed by atoms with van der Waals surface area (Å²) < 4.78 is 27.8. The summed E-state index contributed by atoms with van der Waals surface area (Å²) in [6, 6.07) is 8.72. The standard InChI is InChI=1S/C18H21Cl2NO2S/c1-11-8-13(3)15(9-12(11)2)14(4)21-24(22,23)10-16-17(19)6-5-7-18(16)20/h5-9,14,21H,10H2,1-4H3. The number of rotatable bonds is 5. The molecule has 3 nitrogen and oxygen atoms in total. The van der Waals surface area contributed by atoms with Crippen LogP contribution in [0.5, 0.6) is 0 Å². The van der Waals surface area contributed by atoms with Gasteiger partial charge in [-0.2, -0.15) is 0 Å². The number of halogens is 2. The molecule has 2 aromatic rings. The summed E-state index contributed by atoms with van der Waals surface area (Å²) in [5.41, 5.74) is 4.76. The molecular formula is C18H21Cl2NO2S. The first kappa shape index (κ1) is 19.3. The summed E-state index contributed by atoms with van der Waals surface area (Å²) in [7, 11) is -3.59. The Morgan fingerprint density at radius 1 is 1.00 bits per heavy atom. The third-order valence-corrected chi connectivity index (χ3v) is 6.19. The lowest BCUT2D eigenvalue weighted by molar-refractivity contribution is 0.565. The van der Waals surface area contributed by atoms with Crippen molar-refractivity contribution in [1.29, 1.82) is 0 Å². The fourth-order valence-electron chi connectivity index (χ4n) is 2.68. The monoisotopic (exact) mass is 385 g/mol. The third-order valence-electron chi connectivity index (χ3n) is 4.10. The number of hydrogen-bond donors (Lipinski definition) is 1. The molecule has 24 heavy (non-hydrogen) atoms. The van der Waals surface area contributed by atoms with Crippen molar-refractivity contribution in [2.45, 2.75) is 39.5 Å². The summed E-state index contributed by atoms with van der Waals surface area (Å²) in [4.78, 5) is 0. The lowest BCUT2D eigenvalue weighted by Gasteiger charge is -2.19. The number of hydrogen-bond acceptors (Lipinski definition) is 2. The van der Waals surface area contributed by atoms with E-state index in [0.29, 0.717) is 15.6 Å². The molecule has 130 valence electrons. The minimum atomic E-state index is -3.59. The van der Waals surface area contributed by atoms with Crippen molar-refractivity contribution in [2.75, 3.05) is 0 Å². The Labute approximate surface area is 154 Å². The molecule has 0 aliphatic heterocycles. The first-order valence-electron chi connectivity index (χ1n) is 7.61. The van der Waals surface area contributed by atoms with Crippen LogP contribution in [0.4, 0.5) is 0 Å². The molecule has 0 radical (unpaired) electrons. The van der Waals surface area contributed by atoms with E-state index >= 15 is 0 Å². The van der Waals surface area contributed by atoms with Crippen molar-refractivity contribution in [2.24, 2.45) is 0 Å². The van der Waals surface area contributed by atoms with E-state index in [1.807, 2.05) is 33.8 Å². The van der Waals surface area contributed by atoms with Crippen LogP contribution in [0.3, 0.4) is 0 Å². The predicted octanol–water partition coefficient (Wildman–Crippen LogP) is 5.10. The van der Waals surface area contributed by atoms with E-state index in [2.05, 4.69) is 10.8 Å². The highest BCUT2D eigenvalue weighted by atomic mass is 35.5. The molecule has 0 amide bonds. The van der Waals surface area contributed by atoms with Gasteiger partial charge in [0.05, 0.1) is 5.75 Å². The van der Waals surface area contributed by atoms with E-state index in [1.165, 1.54) is 5.56 Å². The van der Waals surface area contributed by atoms with Crippen molar-refractivity contribution in [3.05, 3.63) is 68.2 Å². The number of aryl methyl sites for hydroxylation is 3. The molecule has 0 saturated heterocycles. The molecule has 2 rings (SSSR count). The van der Waals surface area contributed by atoms with Crippen LogP contribution < -0.4 is 4.72 Å². The second kappa shape index (κ2) is 7.44. The van der Waals surface area contributed by atoms with Crippen LogP contribution in [-0.4, -0.2) is 8.42 Å². The van der Waals surface area contributed by atoms with Crippen LogP contribution in [-0.2, 0) is 15.8 Å². The third kappa shape index (κ3) is 4.51. The van der Waals surface area contributed by atoms with Gasteiger partial charge in [-0.15, -0.1) is 0 Å². The second-order valence-corrected chi connectivity index (χ2v) is 8.66. The normalized spacial score (nSPS) is 13.1. The molecule has 0 aromatic heterocycles. The van der Waals surface area contributed by atoms with E-state index in [-0.39, 0.29) is 11.8 Å². The van der Waals surface area contributed by atoms with E-state index < -0.39 is 10.0 Å². The van der Waals surface area contributed by atoms with Gasteiger partial charge in [-0.3, -0.25) is 0 Å². The van der Waals surface area contributed by atoms with Gasteiger partial charge in [0, 0.05) is 21.7 Å². The highest BCUT2D eigenvalue weighted by Crippen LogP contribution is 2.27. The van der Waals surface area contributed by atoms with Gasteiger partial charge in [0.1, 0.15) is 0 Å². The zero-order valence-electron chi connectivity index (χ0n) is 14.2. The van der Waals surface area contributed by atoms with Crippen LogP contribution >= 0.6 is 23.2 Å². The summed E-state index contributed by atoms with van der Waals surface area (Å²) in [5, 5.41) is 0.700. The van der Waals surface area contributed by atoms with Crippen LogP contribution in [0.15, 0.2) is 30.3 Å². The highest BCUT2D eigenvalue weighted by Gasteiger charge is 2.21. The fraction of sp³-hybridized carbons (Fsp3) is 0.333. The summed E-state index contributed by atoms with van der Waals surface area (Å²) in [6.45, 7) is 7.88. The van der Waals surface area contributed by atoms with E-state index in [0.717, 1.165) is 16.7 Å². The smallest absolute Gasteiger partial charge is 0.212 e. The van der Waals surface area contributed by atoms with Crippen molar-refractivity contribution in [1.82, 2.24) is 4.72 Å². The average Bonchev–Trinajstić information content (AvgIpc) is 2.46. The molecule has 0 aliphatic carbocycles. The minimum Gasteiger partial charge on any atom is -0.212 e. The Hall–Kier alpha value is -1.07. The Balaban J connectivity index is 2.25. The van der Waals surface area contributed by atoms with E-state index in [1.54, 1.807) is 18.2 Å². The average molecular weight is 386 g/mol. The van der Waals surface area contributed by atoms with Gasteiger partial charge in [0.25, 0.3) is 0 Å². The van der Waals surface area contributed by atoms with Gasteiger partial charge in [-0.05, 0) is 62.1 Å². The van der Waals surface area contributed by atoms with Crippen molar-refractivity contribution < 1.29 is 8.42 Å². The maximum absolute atomic E-state index is 12.5. The van der Waals surface area contributed by atoms with Gasteiger partial charge in [0.15, 0.2) is 0 Å². The summed E-state index contributed by atoms with van der Waals surface area (Å²) in [5.74, 6) is -0.250. The summed E-state index contributed by atoms with van der Waals surface area (Å²) >= 11 is 12.2. The van der Waals surface area contributed by atoms with Crippen molar-refractivity contribution in [3.8, 4) is 0 Å². The van der Waals surface area contributed by atoms with Crippen LogP contribution in [0.1, 0.15) is 40.8 Å². The quantitative estimate of drug-likeness (QED) is 0.777. The molecule has 0 heterocycles. The van der Waals surface area contributed by atoms with Gasteiger partial charge in [-0.1, -0.05) is 41.4 Å². The molecule has 6 heteroatoms. The van der Waals surface area contributed by atoms with Crippen LogP contribution in [0, 0.1) is 20.8 Å². The minimum absolute atomic E-state index is 0.250. The lowest BCUT2D eigenvalue weighted by Crippen LogP contribution is -2.28. The van der Waals surface area contributed by atoms with Gasteiger partial charge in [-0.25, -0.2) is 13.1 Å². The topological polar surface area (TPSA) is 46.2 Å². The number of benzene rings is 2. The molecular weight excluding hydrogens is 365 g/mol. The molecule has 0 aliphatic rings. The molecule has 0 bridgehead atoms. The molecule has 0 fully saturated rings. The summed E-state index contributed by atoms with van der Waals surface area (Å²) in [6.07, 6.45) is 0. The van der Waals surface area contributed by atoms with Crippen molar-refractivity contribution in [3.63, 3.8) is 0 Å². The van der Waals surface area contributed by atoms with Gasteiger partial charge in [0.2, 0.25) is 10.0 Å². The zero-order valence-corrected chi connectivity index (χ0v) is 16.5. The van der Waals surface area contributed by atoms with Crippen LogP contribution in [0.2, 0.25) is 10.0 Å². The van der Waals surface area contributed by atoms with Gasteiger partial charge < -0.3 is 0 Å². The number of sulfonamides is 1. The first-order valence-corrected chi connectivity index (χ1v) is 10.0. The molecule has 1 N–H and O–H groups in total. The van der Waals surface area contributed by atoms with E-state index in [4.69, 9.17) is 23.2 Å². The maximum Gasteiger partial charge on any atom is 0.216 e. The molecule has 2 aromatic carbocycles. The van der Waals surface area contributed by atoms with Crippen LogP contribution in [0.25, 0.3) is 0 Å². The lowest BCUT2D eigenvalue weighted by atomic mass is 9.97. The Bertz CT molecular complexity index is 843. The Kier molecular flexibility index (Phi) is 5.97. The predicted molar refractivity (Wildman–Crippen MR) is 101 cm³/mol. The largest absolute Gasteiger partial charge is 0.216 e. The molecule has 0 saturated carbocycles. The first-order chi connectivity index (χ1) is 11.1. The zero-order chi connectivity index (χ0) is 18.1. The van der Waals surface area contributed by atoms with E-state index in [9.17, 15) is 8.42 Å². The fourth-order valence-corrected chi connectivity index (χ4v) is 4.81. The van der Waals surface area contributed by atoms with Gasteiger partial charge >= 0.3 is 0 Å².